The van der Waals surface area contributed by atoms with E-state index >= 15 is 0 Å². The number of nitrogens with zero attached hydrogens (tertiary/aromatic N) is 1. The zero-order valence-electron chi connectivity index (χ0n) is 13.0. The first kappa shape index (κ1) is 16.3. The smallest absolute Gasteiger partial charge is 0.150 e. The molecule has 0 amide bonds. The first-order valence-corrected chi connectivity index (χ1v) is 8.63. The maximum absolute atomic E-state index is 6.08. The summed E-state index contributed by atoms with van der Waals surface area (Å²) in [4.78, 5) is 4.51. The van der Waals surface area contributed by atoms with E-state index in [2.05, 4.69) is 44.8 Å². The Morgan fingerprint density at radius 2 is 1.90 bits per heavy atom. The molecule has 0 aliphatic carbocycles. The topological polar surface area (TPSA) is 22.1 Å². The van der Waals surface area contributed by atoms with Gasteiger partial charge in [-0.3, -0.25) is 0 Å². The van der Waals surface area contributed by atoms with Gasteiger partial charge in [0.25, 0.3) is 0 Å². The van der Waals surface area contributed by atoms with Crippen LogP contribution in [0, 0.1) is 0 Å². The summed E-state index contributed by atoms with van der Waals surface area (Å²) >= 11 is 7.42. The lowest BCUT2D eigenvalue weighted by Crippen LogP contribution is -2.11. The van der Waals surface area contributed by atoms with Crippen LogP contribution >= 0.6 is 22.9 Å². The van der Waals surface area contributed by atoms with Crippen molar-refractivity contribution in [2.75, 3.05) is 0 Å². The molecule has 0 aliphatic rings. The molecule has 0 radical (unpaired) electrons. The molecule has 114 valence electrons. The number of halogens is 1. The molecule has 2 rings (SSSR count). The van der Waals surface area contributed by atoms with Crippen LogP contribution in [0.25, 0.3) is 0 Å². The van der Waals surface area contributed by atoms with E-state index < -0.39 is 0 Å². The molecule has 0 aliphatic heterocycles. The van der Waals surface area contributed by atoms with E-state index in [1.54, 1.807) is 11.3 Å². The second kappa shape index (κ2) is 6.80. The van der Waals surface area contributed by atoms with E-state index in [4.69, 9.17) is 16.3 Å². The van der Waals surface area contributed by atoms with Gasteiger partial charge in [0.05, 0.1) is 11.6 Å². The summed E-state index contributed by atoms with van der Waals surface area (Å²) in [5.74, 6) is 1.34. The molecule has 1 unspecified atom stereocenters. The highest BCUT2D eigenvalue weighted by Gasteiger charge is 2.17. The SMILES string of the molecule is CCC(Oc1ccc(C(C)(C)C)cc1)c1nc(CCl)cs1. The molecule has 1 atom stereocenters. The van der Waals surface area contributed by atoms with Crippen LogP contribution in [0.3, 0.4) is 0 Å². The van der Waals surface area contributed by atoms with Gasteiger partial charge in [-0.2, -0.15) is 0 Å². The normalized spacial score (nSPS) is 13.2. The maximum Gasteiger partial charge on any atom is 0.150 e. The van der Waals surface area contributed by atoms with Gasteiger partial charge in [-0.25, -0.2) is 4.98 Å². The Bertz CT molecular complexity index is 571. The van der Waals surface area contributed by atoms with E-state index in [0.717, 1.165) is 22.9 Å². The molecule has 0 bridgehead atoms. The highest BCUT2D eigenvalue weighted by atomic mass is 35.5. The zero-order chi connectivity index (χ0) is 15.5. The highest BCUT2D eigenvalue weighted by molar-refractivity contribution is 7.09. The van der Waals surface area contributed by atoms with Crippen molar-refractivity contribution in [1.82, 2.24) is 4.98 Å². The largest absolute Gasteiger partial charge is 0.483 e. The summed E-state index contributed by atoms with van der Waals surface area (Å²) in [6, 6.07) is 8.35. The minimum atomic E-state index is -0.00699. The summed E-state index contributed by atoms with van der Waals surface area (Å²) < 4.78 is 6.08. The van der Waals surface area contributed by atoms with E-state index in [-0.39, 0.29) is 11.5 Å². The summed E-state index contributed by atoms with van der Waals surface area (Å²) in [5.41, 5.74) is 2.39. The van der Waals surface area contributed by atoms with Crippen LogP contribution in [-0.2, 0) is 11.3 Å². The van der Waals surface area contributed by atoms with Gasteiger partial charge in [0.15, 0.2) is 0 Å². The molecule has 0 saturated heterocycles. The number of benzene rings is 1. The second-order valence-corrected chi connectivity index (χ2v) is 7.26. The van der Waals surface area contributed by atoms with Crippen LogP contribution in [0.4, 0.5) is 0 Å². The monoisotopic (exact) mass is 323 g/mol. The number of hydrogen-bond donors (Lipinski definition) is 0. The fourth-order valence-electron chi connectivity index (χ4n) is 2.04. The average Bonchev–Trinajstić information content (AvgIpc) is 2.93. The lowest BCUT2D eigenvalue weighted by molar-refractivity contribution is 0.200. The van der Waals surface area contributed by atoms with Crippen LogP contribution < -0.4 is 4.74 Å². The van der Waals surface area contributed by atoms with E-state index in [1.807, 2.05) is 17.5 Å². The third-order valence-electron chi connectivity index (χ3n) is 3.35. The fourth-order valence-corrected chi connectivity index (χ4v) is 3.20. The predicted octanol–water partition coefficient (Wildman–Crippen LogP) is 5.71. The zero-order valence-corrected chi connectivity index (χ0v) is 14.6. The predicted molar refractivity (Wildman–Crippen MR) is 90.5 cm³/mol. The van der Waals surface area contributed by atoms with Gasteiger partial charge < -0.3 is 4.74 Å². The van der Waals surface area contributed by atoms with Crippen LogP contribution in [0.2, 0.25) is 0 Å². The molecular formula is C17H22ClNOS. The third kappa shape index (κ3) is 4.21. The Balaban J connectivity index is 2.11. The van der Waals surface area contributed by atoms with Crippen molar-refractivity contribution in [1.29, 1.82) is 0 Å². The Hall–Kier alpha value is -1.06. The minimum absolute atomic E-state index is 0.00699. The Labute approximate surface area is 136 Å². The van der Waals surface area contributed by atoms with Crippen molar-refractivity contribution < 1.29 is 4.74 Å². The van der Waals surface area contributed by atoms with Crippen molar-refractivity contribution in [3.05, 3.63) is 45.9 Å². The number of ether oxygens (including phenoxy) is 1. The van der Waals surface area contributed by atoms with E-state index in [9.17, 15) is 0 Å². The standard InChI is InChI=1S/C17H22ClNOS/c1-5-15(16-19-13(10-18)11-21-16)20-14-8-6-12(7-9-14)17(2,3)4/h6-9,11,15H,5,10H2,1-4H3. The molecule has 1 heterocycles. The van der Waals surface area contributed by atoms with Crippen molar-refractivity contribution in [2.24, 2.45) is 0 Å². The minimum Gasteiger partial charge on any atom is -0.483 e. The van der Waals surface area contributed by atoms with E-state index in [1.165, 1.54) is 5.56 Å². The molecule has 2 aromatic rings. The lowest BCUT2D eigenvalue weighted by Gasteiger charge is -2.20. The molecule has 2 nitrogen and oxygen atoms in total. The molecule has 1 aromatic heterocycles. The lowest BCUT2D eigenvalue weighted by atomic mass is 9.87. The van der Waals surface area contributed by atoms with Crippen molar-refractivity contribution >= 4 is 22.9 Å². The highest BCUT2D eigenvalue weighted by Crippen LogP contribution is 2.29. The van der Waals surface area contributed by atoms with Crippen molar-refractivity contribution in [2.45, 2.75) is 51.5 Å². The quantitative estimate of drug-likeness (QED) is 0.657. The summed E-state index contributed by atoms with van der Waals surface area (Å²) in [6.07, 6.45) is 0.878. The average molecular weight is 324 g/mol. The molecule has 0 fully saturated rings. The van der Waals surface area contributed by atoms with Crippen molar-refractivity contribution in [3.8, 4) is 5.75 Å². The van der Waals surface area contributed by atoms with Gasteiger partial charge in [0.1, 0.15) is 16.9 Å². The summed E-state index contributed by atoms with van der Waals surface area (Å²) in [6.45, 7) is 8.73. The molecule has 4 heteroatoms. The molecule has 21 heavy (non-hydrogen) atoms. The van der Waals surface area contributed by atoms with Crippen molar-refractivity contribution in [3.63, 3.8) is 0 Å². The van der Waals surface area contributed by atoms with Crippen LogP contribution in [0.15, 0.2) is 29.6 Å². The molecular weight excluding hydrogens is 302 g/mol. The van der Waals surface area contributed by atoms with Gasteiger partial charge in [-0.05, 0) is 29.5 Å². The molecule has 1 aromatic carbocycles. The molecule has 0 spiro atoms. The maximum atomic E-state index is 6.08. The third-order valence-corrected chi connectivity index (χ3v) is 4.61. The number of hydrogen-bond acceptors (Lipinski definition) is 3. The number of alkyl halides is 1. The number of thiazole rings is 1. The number of rotatable bonds is 5. The number of aromatic nitrogens is 1. The Kier molecular flexibility index (Phi) is 5.28. The molecule has 0 N–H and O–H groups in total. The van der Waals surface area contributed by atoms with Crippen LogP contribution in [-0.4, -0.2) is 4.98 Å². The van der Waals surface area contributed by atoms with Crippen LogP contribution in [0.5, 0.6) is 5.75 Å². The van der Waals surface area contributed by atoms with Gasteiger partial charge in [-0.15, -0.1) is 22.9 Å². The van der Waals surface area contributed by atoms with Crippen LogP contribution in [0.1, 0.15) is 56.5 Å². The van der Waals surface area contributed by atoms with Gasteiger partial charge in [0.2, 0.25) is 0 Å². The van der Waals surface area contributed by atoms with Gasteiger partial charge in [0, 0.05) is 5.38 Å². The Morgan fingerprint density at radius 3 is 2.38 bits per heavy atom. The summed E-state index contributed by atoms with van der Waals surface area (Å²) in [7, 11) is 0. The fraction of sp³-hybridized carbons (Fsp3) is 0.471. The van der Waals surface area contributed by atoms with Gasteiger partial charge in [-0.1, -0.05) is 39.8 Å². The second-order valence-electron chi connectivity index (χ2n) is 6.10. The summed E-state index contributed by atoms with van der Waals surface area (Å²) in [5, 5.41) is 2.99. The first-order valence-electron chi connectivity index (χ1n) is 7.21. The first-order chi connectivity index (χ1) is 9.94. The van der Waals surface area contributed by atoms with E-state index in [0.29, 0.717) is 5.88 Å². The molecule has 0 saturated carbocycles. The Morgan fingerprint density at radius 1 is 1.24 bits per heavy atom. The van der Waals surface area contributed by atoms with Gasteiger partial charge >= 0.3 is 0 Å².